The van der Waals surface area contributed by atoms with Gasteiger partial charge in [-0.25, -0.2) is 17.9 Å². The summed E-state index contributed by atoms with van der Waals surface area (Å²) in [5, 5.41) is 7.43. The molecule has 10 heteroatoms. The average molecular weight is 355 g/mol. The van der Waals surface area contributed by atoms with Crippen LogP contribution in [-0.2, 0) is 14.8 Å². The highest BCUT2D eigenvalue weighted by Crippen LogP contribution is 2.26. The molecular weight excluding hydrogens is 338 g/mol. The summed E-state index contributed by atoms with van der Waals surface area (Å²) >= 11 is 0. The molecule has 0 saturated carbocycles. The van der Waals surface area contributed by atoms with Crippen molar-refractivity contribution in [1.82, 2.24) is 14.9 Å². The van der Waals surface area contributed by atoms with E-state index in [0.717, 1.165) is 0 Å². The highest BCUT2D eigenvalue weighted by Gasteiger charge is 2.23. The van der Waals surface area contributed by atoms with Gasteiger partial charge in [0.25, 0.3) is 5.89 Å². The molecule has 0 saturated heterocycles. The van der Waals surface area contributed by atoms with Gasteiger partial charge in [0.2, 0.25) is 15.9 Å². The van der Waals surface area contributed by atoms with Gasteiger partial charge in [0.1, 0.15) is 10.6 Å². The molecule has 0 aliphatic carbocycles. The largest absolute Gasteiger partial charge is 0.495 e. The molecule has 0 aliphatic rings. The molecule has 0 fully saturated rings. The van der Waals surface area contributed by atoms with Crippen molar-refractivity contribution in [1.29, 1.82) is 0 Å². The number of hydrogen-bond acceptors (Lipinski definition) is 8. The second kappa shape index (κ2) is 6.97. The van der Waals surface area contributed by atoms with Gasteiger partial charge in [0.15, 0.2) is 6.10 Å². The Morgan fingerprint density at radius 3 is 2.58 bits per heavy atom. The van der Waals surface area contributed by atoms with Crippen LogP contribution in [0, 0.1) is 6.92 Å². The zero-order valence-electron chi connectivity index (χ0n) is 13.6. The molecule has 0 aliphatic heterocycles. The van der Waals surface area contributed by atoms with E-state index in [1.165, 1.54) is 32.4 Å². The first-order valence-electron chi connectivity index (χ1n) is 6.91. The van der Waals surface area contributed by atoms with Gasteiger partial charge in [-0.15, -0.1) is 10.2 Å². The van der Waals surface area contributed by atoms with Crippen molar-refractivity contribution >= 4 is 16.0 Å². The molecule has 1 atom stereocenters. The summed E-state index contributed by atoms with van der Waals surface area (Å²) in [7, 11) is -1.20. The Morgan fingerprint density at radius 1 is 1.33 bits per heavy atom. The van der Waals surface area contributed by atoms with E-state index < -0.39 is 22.1 Å². The number of nitrogens with one attached hydrogen (secondary N) is 1. The van der Waals surface area contributed by atoms with Crippen LogP contribution in [0.4, 0.5) is 0 Å². The standard InChI is InChI=1S/C14H17N3O6S/c1-8(13-17-16-9(2)23-13)22-14(18)10-5-6-11(21-4)12(7-10)24(19,20)15-3/h5-8,15H,1-4H3. The maximum absolute atomic E-state index is 12.2. The summed E-state index contributed by atoms with van der Waals surface area (Å²) in [6, 6.07) is 3.96. The molecule has 9 nitrogen and oxygen atoms in total. The van der Waals surface area contributed by atoms with E-state index in [0.29, 0.717) is 5.89 Å². The smallest absolute Gasteiger partial charge is 0.338 e. The maximum Gasteiger partial charge on any atom is 0.338 e. The molecule has 1 aromatic heterocycles. The number of aryl methyl sites for hydroxylation is 1. The number of sulfonamides is 1. The number of aromatic nitrogens is 2. The van der Waals surface area contributed by atoms with Crippen molar-refractivity contribution < 1.29 is 27.1 Å². The zero-order valence-corrected chi connectivity index (χ0v) is 14.4. The lowest BCUT2D eigenvalue weighted by Gasteiger charge is -2.12. The molecule has 0 amide bonds. The van der Waals surface area contributed by atoms with E-state index in [-0.39, 0.29) is 22.1 Å². The number of hydrogen-bond donors (Lipinski definition) is 1. The van der Waals surface area contributed by atoms with Gasteiger partial charge in [-0.1, -0.05) is 0 Å². The van der Waals surface area contributed by atoms with Gasteiger partial charge in [-0.3, -0.25) is 0 Å². The fraction of sp³-hybridized carbons (Fsp3) is 0.357. The number of ether oxygens (including phenoxy) is 2. The SMILES string of the molecule is CNS(=O)(=O)c1cc(C(=O)OC(C)c2nnc(C)o2)ccc1OC. The normalized spacial score (nSPS) is 12.7. The fourth-order valence-electron chi connectivity index (χ4n) is 1.88. The lowest BCUT2D eigenvalue weighted by molar-refractivity contribution is 0.0276. The number of carbonyl (C=O) groups excluding carboxylic acids is 1. The van der Waals surface area contributed by atoms with Gasteiger partial charge in [0.05, 0.1) is 12.7 Å². The van der Waals surface area contributed by atoms with Crippen LogP contribution in [0.1, 0.15) is 35.2 Å². The Balaban J connectivity index is 2.28. The van der Waals surface area contributed by atoms with Crippen LogP contribution < -0.4 is 9.46 Å². The molecule has 24 heavy (non-hydrogen) atoms. The van der Waals surface area contributed by atoms with Crippen LogP contribution in [-0.4, -0.2) is 38.7 Å². The first kappa shape index (κ1) is 17.9. The molecule has 2 rings (SSSR count). The van der Waals surface area contributed by atoms with Gasteiger partial charge in [-0.05, 0) is 32.2 Å². The molecule has 130 valence electrons. The lowest BCUT2D eigenvalue weighted by Crippen LogP contribution is -2.20. The van der Waals surface area contributed by atoms with Crippen LogP contribution >= 0.6 is 0 Å². The predicted molar refractivity (Wildman–Crippen MR) is 82.1 cm³/mol. The number of carbonyl (C=O) groups is 1. The second-order valence-corrected chi connectivity index (χ2v) is 6.64. The number of benzene rings is 1. The highest BCUT2D eigenvalue weighted by atomic mass is 32.2. The summed E-state index contributed by atoms with van der Waals surface area (Å²) in [5.74, 6) is -0.118. The summed E-state index contributed by atoms with van der Waals surface area (Å²) in [6.45, 7) is 3.18. The van der Waals surface area contributed by atoms with E-state index in [1.54, 1.807) is 13.8 Å². The number of esters is 1. The third-order valence-electron chi connectivity index (χ3n) is 3.13. The van der Waals surface area contributed by atoms with Crippen molar-refractivity contribution in [3.63, 3.8) is 0 Å². The van der Waals surface area contributed by atoms with Crippen LogP contribution in [0.25, 0.3) is 0 Å². The minimum absolute atomic E-state index is 0.0488. The lowest BCUT2D eigenvalue weighted by atomic mass is 10.2. The molecule has 1 unspecified atom stereocenters. The van der Waals surface area contributed by atoms with Crippen molar-refractivity contribution in [2.75, 3.05) is 14.2 Å². The van der Waals surface area contributed by atoms with Gasteiger partial charge < -0.3 is 13.9 Å². The van der Waals surface area contributed by atoms with Crippen molar-refractivity contribution in [2.24, 2.45) is 0 Å². The fourth-order valence-corrected chi connectivity index (χ4v) is 2.80. The summed E-state index contributed by atoms with van der Waals surface area (Å²) in [5.41, 5.74) is 0.0488. The molecule has 0 radical (unpaired) electrons. The minimum atomic E-state index is -3.80. The number of methoxy groups -OCH3 is 1. The zero-order chi connectivity index (χ0) is 17.9. The number of rotatable bonds is 6. The van der Waals surface area contributed by atoms with E-state index in [9.17, 15) is 13.2 Å². The van der Waals surface area contributed by atoms with Crippen LogP contribution in [0.15, 0.2) is 27.5 Å². The average Bonchev–Trinajstić information content (AvgIpc) is 3.00. The number of nitrogens with zero attached hydrogens (tertiary/aromatic N) is 2. The third-order valence-corrected chi connectivity index (χ3v) is 4.57. The van der Waals surface area contributed by atoms with E-state index in [1.807, 2.05) is 0 Å². The summed E-state index contributed by atoms with van der Waals surface area (Å²) in [6.07, 6.45) is -0.773. The highest BCUT2D eigenvalue weighted by molar-refractivity contribution is 7.89. The third kappa shape index (κ3) is 3.71. The van der Waals surface area contributed by atoms with Crippen molar-refractivity contribution in [2.45, 2.75) is 24.8 Å². The quantitative estimate of drug-likeness (QED) is 0.768. The molecule has 1 N–H and O–H groups in total. The van der Waals surface area contributed by atoms with Crippen molar-refractivity contribution in [3.05, 3.63) is 35.5 Å². The van der Waals surface area contributed by atoms with E-state index in [2.05, 4.69) is 14.9 Å². The molecular formula is C14H17N3O6S. The monoisotopic (exact) mass is 355 g/mol. The van der Waals surface area contributed by atoms with Crippen LogP contribution in [0.3, 0.4) is 0 Å². The van der Waals surface area contributed by atoms with Crippen LogP contribution in [0.5, 0.6) is 5.75 Å². The van der Waals surface area contributed by atoms with Gasteiger partial charge in [-0.2, -0.15) is 0 Å². The molecule has 1 aromatic carbocycles. The summed E-state index contributed by atoms with van der Waals surface area (Å²) < 4.78 is 41.7. The van der Waals surface area contributed by atoms with Crippen LogP contribution in [0.2, 0.25) is 0 Å². The second-order valence-electron chi connectivity index (χ2n) is 4.78. The Kier molecular flexibility index (Phi) is 5.20. The Morgan fingerprint density at radius 2 is 2.04 bits per heavy atom. The molecule has 1 heterocycles. The molecule has 2 aromatic rings. The van der Waals surface area contributed by atoms with Gasteiger partial charge in [0, 0.05) is 6.92 Å². The Labute approximate surface area is 139 Å². The molecule has 0 spiro atoms. The first-order chi connectivity index (χ1) is 11.3. The van der Waals surface area contributed by atoms with E-state index >= 15 is 0 Å². The predicted octanol–water partition coefficient (Wildman–Crippen LogP) is 1.21. The first-order valence-corrected chi connectivity index (χ1v) is 8.39. The Hall–Kier alpha value is -2.46. The Bertz CT molecular complexity index is 846. The summed E-state index contributed by atoms with van der Waals surface area (Å²) in [4.78, 5) is 12.1. The maximum atomic E-state index is 12.2. The van der Waals surface area contributed by atoms with Crippen molar-refractivity contribution in [3.8, 4) is 5.75 Å². The molecule has 0 bridgehead atoms. The van der Waals surface area contributed by atoms with E-state index in [4.69, 9.17) is 13.9 Å². The topological polar surface area (TPSA) is 121 Å². The van der Waals surface area contributed by atoms with Gasteiger partial charge >= 0.3 is 5.97 Å². The minimum Gasteiger partial charge on any atom is -0.495 e.